The van der Waals surface area contributed by atoms with E-state index in [1.54, 1.807) is 26.0 Å². The van der Waals surface area contributed by atoms with Crippen molar-refractivity contribution in [3.05, 3.63) is 23.8 Å². The molecule has 0 unspecified atom stereocenters. The minimum Gasteiger partial charge on any atom is -0.487 e. The van der Waals surface area contributed by atoms with Crippen molar-refractivity contribution >= 4 is 10.0 Å². The highest BCUT2D eigenvalue weighted by atomic mass is 32.2. The molecule has 1 aromatic rings. The molecule has 8 heteroatoms. The summed E-state index contributed by atoms with van der Waals surface area (Å²) in [6, 6.07) is 4.22. The van der Waals surface area contributed by atoms with Crippen LogP contribution in [0.3, 0.4) is 0 Å². The topological polar surface area (TPSA) is 90.3 Å². The smallest absolute Gasteiger partial charge is 0.247 e. The van der Waals surface area contributed by atoms with Crippen LogP contribution in [0.5, 0.6) is 5.75 Å². The Morgan fingerprint density at radius 1 is 1.29 bits per heavy atom. The first kappa shape index (κ1) is 24.0. The van der Waals surface area contributed by atoms with Gasteiger partial charge >= 0.3 is 0 Å². The summed E-state index contributed by atoms with van der Waals surface area (Å²) in [7, 11) is -1.79. The lowest BCUT2D eigenvalue weighted by Crippen LogP contribution is -2.49. The standard InChI is InChI=1S/C23H34N2O5S/c1-16-12-25(17(2)15-26)31(28,29)23-10-9-19(6-5-18(3)27)11-21(23)30-22(16)14-24(4)13-20-7-8-20/h9-11,16-18,20,22,26-27H,7-8,12-15H2,1-4H3/t16-,17+,18+,22-/m0/s1. The molecule has 1 aliphatic carbocycles. The molecule has 1 saturated carbocycles. The fourth-order valence-electron chi connectivity index (χ4n) is 3.83. The predicted molar refractivity (Wildman–Crippen MR) is 119 cm³/mol. The molecule has 0 saturated heterocycles. The Kier molecular flexibility index (Phi) is 7.66. The van der Waals surface area contributed by atoms with E-state index < -0.39 is 22.2 Å². The number of nitrogens with zero attached hydrogens (tertiary/aromatic N) is 2. The Bertz CT molecular complexity index is 933. The highest BCUT2D eigenvalue weighted by Gasteiger charge is 2.38. The van der Waals surface area contributed by atoms with E-state index in [2.05, 4.69) is 23.8 Å². The number of fused-ring (bicyclic) bond motifs is 1. The Hall–Kier alpha value is -1.63. The molecular weight excluding hydrogens is 416 g/mol. The first-order valence-corrected chi connectivity index (χ1v) is 12.4. The van der Waals surface area contributed by atoms with E-state index in [9.17, 15) is 18.6 Å². The molecule has 2 aliphatic rings. The SMILES string of the molecule is C[C@H](CO)N1C[C@H](C)[C@H](CN(C)CC2CC2)Oc2cc(C#C[C@@H](C)O)ccc2S1(=O)=O. The van der Waals surface area contributed by atoms with Crippen LogP contribution in [0.15, 0.2) is 23.1 Å². The number of aliphatic hydroxyl groups is 2. The van der Waals surface area contributed by atoms with Crippen LogP contribution >= 0.6 is 0 Å². The number of hydrogen-bond acceptors (Lipinski definition) is 6. The second-order valence-corrected chi connectivity index (χ2v) is 10.9. The zero-order valence-corrected chi connectivity index (χ0v) is 19.6. The average Bonchev–Trinajstić information content (AvgIpc) is 3.52. The van der Waals surface area contributed by atoms with E-state index in [-0.39, 0.29) is 35.8 Å². The van der Waals surface area contributed by atoms with Crippen LogP contribution in [0.25, 0.3) is 0 Å². The summed E-state index contributed by atoms with van der Waals surface area (Å²) in [6.07, 6.45) is 1.53. The summed E-state index contributed by atoms with van der Waals surface area (Å²) in [6.45, 7) is 6.98. The van der Waals surface area contributed by atoms with E-state index >= 15 is 0 Å². The number of aliphatic hydroxyl groups excluding tert-OH is 2. The van der Waals surface area contributed by atoms with Crippen molar-refractivity contribution in [2.45, 2.75) is 56.8 Å². The molecule has 1 heterocycles. The Labute approximate surface area is 186 Å². The Morgan fingerprint density at radius 3 is 2.61 bits per heavy atom. The van der Waals surface area contributed by atoms with Gasteiger partial charge in [0, 0.05) is 37.2 Å². The molecule has 0 spiro atoms. The van der Waals surface area contributed by atoms with Gasteiger partial charge in [0.05, 0.1) is 6.61 Å². The second-order valence-electron chi connectivity index (χ2n) is 9.01. The lowest BCUT2D eigenvalue weighted by molar-refractivity contribution is 0.0740. The van der Waals surface area contributed by atoms with Crippen LogP contribution in [-0.2, 0) is 10.0 Å². The number of rotatable bonds is 6. The van der Waals surface area contributed by atoms with E-state index in [0.717, 1.165) is 12.5 Å². The van der Waals surface area contributed by atoms with E-state index in [1.165, 1.54) is 23.2 Å². The van der Waals surface area contributed by atoms with E-state index in [1.807, 2.05) is 6.92 Å². The van der Waals surface area contributed by atoms with E-state index in [4.69, 9.17) is 4.74 Å². The molecule has 31 heavy (non-hydrogen) atoms. The van der Waals surface area contributed by atoms with Crippen molar-refractivity contribution in [1.29, 1.82) is 0 Å². The molecule has 2 N–H and O–H groups in total. The molecule has 0 amide bonds. The second kappa shape index (κ2) is 9.88. The van der Waals surface area contributed by atoms with Gasteiger partial charge in [-0.1, -0.05) is 18.8 Å². The summed E-state index contributed by atoms with van der Waals surface area (Å²) >= 11 is 0. The summed E-state index contributed by atoms with van der Waals surface area (Å²) in [5.74, 6) is 6.48. The number of likely N-dealkylation sites (N-methyl/N-ethyl adjacent to an activating group) is 1. The molecule has 3 rings (SSSR count). The Morgan fingerprint density at radius 2 is 2.00 bits per heavy atom. The number of benzene rings is 1. The third-order valence-corrected chi connectivity index (χ3v) is 7.87. The van der Waals surface area contributed by atoms with Crippen LogP contribution in [-0.4, -0.2) is 79.4 Å². The maximum Gasteiger partial charge on any atom is 0.247 e. The quantitative estimate of drug-likeness (QED) is 0.639. The van der Waals surface area contributed by atoms with Gasteiger partial charge in [-0.2, -0.15) is 4.31 Å². The first-order chi connectivity index (χ1) is 14.6. The van der Waals surface area contributed by atoms with Crippen LogP contribution in [0.1, 0.15) is 39.2 Å². The van der Waals surface area contributed by atoms with Crippen molar-refractivity contribution in [1.82, 2.24) is 9.21 Å². The first-order valence-electron chi connectivity index (χ1n) is 10.9. The van der Waals surface area contributed by atoms with Crippen molar-refractivity contribution in [3.8, 4) is 17.6 Å². The molecule has 0 radical (unpaired) electrons. The maximum atomic E-state index is 13.4. The Balaban J connectivity index is 2.00. The highest BCUT2D eigenvalue weighted by molar-refractivity contribution is 7.89. The molecule has 1 aliphatic heterocycles. The fourth-order valence-corrected chi connectivity index (χ4v) is 5.66. The van der Waals surface area contributed by atoms with Gasteiger partial charge < -0.3 is 19.8 Å². The van der Waals surface area contributed by atoms with Gasteiger partial charge in [-0.25, -0.2) is 8.42 Å². The van der Waals surface area contributed by atoms with Gasteiger partial charge in [0.1, 0.15) is 22.9 Å². The lowest BCUT2D eigenvalue weighted by Gasteiger charge is -2.37. The third kappa shape index (κ3) is 5.99. The fraction of sp³-hybridized carbons (Fsp3) is 0.652. The zero-order chi connectivity index (χ0) is 22.8. The molecule has 1 aromatic carbocycles. The van der Waals surface area contributed by atoms with Crippen molar-refractivity contribution in [2.24, 2.45) is 11.8 Å². The minimum absolute atomic E-state index is 0.0780. The number of sulfonamides is 1. The van der Waals surface area contributed by atoms with Gasteiger partial charge in [-0.05, 0) is 57.9 Å². The van der Waals surface area contributed by atoms with Gasteiger partial charge in [0.15, 0.2) is 0 Å². The summed E-state index contributed by atoms with van der Waals surface area (Å²) < 4.78 is 34.6. The summed E-state index contributed by atoms with van der Waals surface area (Å²) in [5, 5.41) is 19.2. The normalized spacial score (nSPS) is 25.4. The lowest BCUT2D eigenvalue weighted by atomic mass is 10.0. The average molecular weight is 451 g/mol. The van der Waals surface area contributed by atoms with Gasteiger partial charge in [-0.3, -0.25) is 0 Å². The van der Waals surface area contributed by atoms with Gasteiger partial charge in [0.2, 0.25) is 10.0 Å². The molecule has 0 aromatic heterocycles. The van der Waals surface area contributed by atoms with Crippen LogP contribution < -0.4 is 4.74 Å². The highest BCUT2D eigenvalue weighted by Crippen LogP contribution is 2.35. The number of hydrogen-bond donors (Lipinski definition) is 2. The van der Waals surface area contributed by atoms with Crippen LogP contribution in [0.4, 0.5) is 0 Å². The number of ether oxygens (including phenoxy) is 1. The summed E-state index contributed by atoms with van der Waals surface area (Å²) in [5.41, 5.74) is 0.579. The van der Waals surface area contributed by atoms with Crippen molar-refractivity contribution in [2.75, 3.05) is 33.3 Å². The largest absolute Gasteiger partial charge is 0.487 e. The predicted octanol–water partition coefficient (Wildman–Crippen LogP) is 1.53. The van der Waals surface area contributed by atoms with Crippen LogP contribution in [0, 0.1) is 23.7 Å². The van der Waals surface area contributed by atoms with Crippen molar-refractivity contribution in [3.63, 3.8) is 0 Å². The third-order valence-electron chi connectivity index (χ3n) is 5.85. The van der Waals surface area contributed by atoms with Gasteiger partial charge in [0.25, 0.3) is 0 Å². The molecule has 4 atom stereocenters. The zero-order valence-electron chi connectivity index (χ0n) is 18.8. The van der Waals surface area contributed by atoms with E-state index in [0.29, 0.717) is 12.1 Å². The maximum absolute atomic E-state index is 13.4. The molecule has 7 nitrogen and oxygen atoms in total. The molecule has 1 fully saturated rings. The monoisotopic (exact) mass is 450 g/mol. The molecule has 172 valence electrons. The minimum atomic E-state index is -3.86. The van der Waals surface area contributed by atoms with Crippen LogP contribution in [0.2, 0.25) is 0 Å². The van der Waals surface area contributed by atoms with Crippen molar-refractivity contribution < 1.29 is 23.4 Å². The molecular formula is C23H34N2O5S. The molecule has 0 bridgehead atoms. The summed E-state index contributed by atoms with van der Waals surface area (Å²) in [4.78, 5) is 2.34. The van der Waals surface area contributed by atoms with Gasteiger partial charge in [-0.15, -0.1) is 0 Å².